The summed E-state index contributed by atoms with van der Waals surface area (Å²) in [6, 6.07) is 9.81. The Morgan fingerprint density at radius 2 is 1.43 bits per heavy atom. The molecule has 0 aliphatic heterocycles. The smallest absolute Gasteiger partial charge is 0.192 e. The van der Waals surface area contributed by atoms with E-state index in [1.807, 2.05) is 24.3 Å². The average molecular weight is 297 g/mol. The van der Waals surface area contributed by atoms with E-state index < -0.39 is 12.6 Å². The molecule has 116 valence electrons. The summed E-state index contributed by atoms with van der Waals surface area (Å²) in [6.07, 6.45) is 2.18. The second-order valence-electron chi connectivity index (χ2n) is 5.36. The maximum absolute atomic E-state index is 11.9. The van der Waals surface area contributed by atoms with Crippen molar-refractivity contribution in [3.8, 4) is 6.07 Å². The van der Waals surface area contributed by atoms with Crippen LogP contribution in [0.4, 0.5) is 13.2 Å². The van der Waals surface area contributed by atoms with Crippen molar-refractivity contribution in [3.63, 3.8) is 0 Å². The van der Waals surface area contributed by atoms with E-state index in [1.165, 1.54) is 0 Å². The number of nitrogens with zero attached hydrogens (tertiary/aromatic N) is 1. The van der Waals surface area contributed by atoms with Gasteiger partial charge in [-0.3, -0.25) is 0 Å². The number of rotatable bonds is 9. The van der Waals surface area contributed by atoms with E-state index >= 15 is 0 Å². The lowest BCUT2D eigenvalue weighted by Crippen LogP contribution is -2.06. The summed E-state index contributed by atoms with van der Waals surface area (Å²) in [6.45, 7) is 0. The summed E-state index contributed by atoms with van der Waals surface area (Å²) < 4.78 is 35.8. The molecule has 0 bridgehead atoms. The van der Waals surface area contributed by atoms with Crippen molar-refractivity contribution in [2.75, 3.05) is 0 Å². The molecular formula is C17H22F3N. The van der Waals surface area contributed by atoms with Crippen molar-refractivity contribution in [1.82, 2.24) is 0 Å². The molecule has 0 N–H and O–H groups in total. The Morgan fingerprint density at radius 1 is 0.857 bits per heavy atom. The van der Waals surface area contributed by atoms with Crippen LogP contribution in [-0.4, -0.2) is 6.18 Å². The standard InChI is InChI=1S/C17H22F3N/c18-17(19,20)13-9-5-3-1-2-4-6-10-15-11-7-8-12-16(15)14-21/h7-8,11-12H,1-6,9-10,13H2. The van der Waals surface area contributed by atoms with Crippen LogP contribution in [0.25, 0.3) is 0 Å². The highest BCUT2D eigenvalue weighted by Crippen LogP contribution is 2.23. The van der Waals surface area contributed by atoms with Gasteiger partial charge in [0, 0.05) is 6.42 Å². The van der Waals surface area contributed by atoms with Crippen molar-refractivity contribution < 1.29 is 13.2 Å². The van der Waals surface area contributed by atoms with E-state index in [9.17, 15) is 13.2 Å². The number of halogens is 3. The van der Waals surface area contributed by atoms with Gasteiger partial charge < -0.3 is 0 Å². The van der Waals surface area contributed by atoms with Crippen LogP contribution < -0.4 is 0 Å². The molecule has 0 unspecified atom stereocenters. The van der Waals surface area contributed by atoms with Crippen LogP contribution in [0.3, 0.4) is 0 Å². The highest BCUT2D eigenvalue weighted by molar-refractivity contribution is 5.37. The van der Waals surface area contributed by atoms with Gasteiger partial charge in [0.1, 0.15) is 0 Å². The van der Waals surface area contributed by atoms with Gasteiger partial charge >= 0.3 is 6.18 Å². The molecule has 1 nitrogen and oxygen atoms in total. The molecule has 0 saturated carbocycles. The molecule has 21 heavy (non-hydrogen) atoms. The fourth-order valence-electron chi connectivity index (χ4n) is 2.37. The fourth-order valence-corrected chi connectivity index (χ4v) is 2.37. The molecule has 0 atom stereocenters. The van der Waals surface area contributed by atoms with E-state index in [0.717, 1.165) is 49.7 Å². The van der Waals surface area contributed by atoms with E-state index in [4.69, 9.17) is 5.26 Å². The number of hydrogen-bond acceptors (Lipinski definition) is 1. The van der Waals surface area contributed by atoms with Gasteiger partial charge in [-0.2, -0.15) is 18.4 Å². The lowest BCUT2D eigenvalue weighted by Gasteiger charge is -2.06. The normalized spacial score (nSPS) is 11.3. The maximum atomic E-state index is 11.9. The molecule has 0 amide bonds. The summed E-state index contributed by atoms with van der Waals surface area (Å²) in [5.41, 5.74) is 1.83. The fraction of sp³-hybridized carbons (Fsp3) is 0.588. The number of hydrogen-bond donors (Lipinski definition) is 0. The molecular weight excluding hydrogens is 275 g/mol. The Balaban J connectivity index is 2.02. The van der Waals surface area contributed by atoms with Crippen molar-refractivity contribution in [3.05, 3.63) is 35.4 Å². The summed E-state index contributed by atoms with van der Waals surface area (Å²) in [5, 5.41) is 8.97. The Morgan fingerprint density at radius 3 is 2.05 bits per heavy atom. The Hall–Kier alpha value is -1.50. The molecule has 0 saturated heterocycles. The van der Waals surface area contributed by atoms with Crippen molar-refractivity contribution in [2.24, 2.45) is 0 Å². The monoisotopic (exact) mass is 297 g/mol. The van der Waals surface area contributed by atoms with Crippen LogP contribution in [0.1, 0.15) is 62.5 Å². The van der Waals surface area contributed by atoms with Crippen LogP contribution in [0.5, 0.6) is 0 Å². The van der Waals surface area contributed by atoms with Gasteiger partial charge in [0.15, 0.2) is 0 Å². The lowest BCUT2D eigenvalue weighted by molar-refractivity contribution is -0.135. The topological polar surface area (TPSA) is 23.8 Å². The first-order valence-corrected chi connectivity index (χ1v) is 7.58. The van der Waals surface area contributed by atoms with Crippen molar-refractivity contribution in [1.29, 1.82) is 5.26 Å². The van der Waals surface area contributed by atoms with Gasteiger partial charge in [0.25, 0.3) is 0 Å². The molecule has 0 aliphatic rings. The second kappa shape index (κ2) is 9.44. The van der Waals surface area contributed by atoms with Crippen LogP contribution >= 0.6 is 0 Å². The largest absolute Gasteiger partial charge is 0.389 e. The third-order valence-electron chi connectivity index (χ3n) is 3.54. The molecule has 1 aromatic rings. The quantitative estimate of drug-likeness (QED) is 0.530. The number of benzene rings is 1. The predicted octanol–water partition coefficient (Wildman–Crippen LogP) is 5.78. The van der Waals surface area contributed by atoms with Crippen LogP contribution in [0, 0.1) is 11.3 Å². The number of unbranched alkanes of at least 4 members (excludes halogenated alkanes) is 6. The Labute approximate surface area is 124 Å². The second-order valence-corrected chi connectivity index (χ2v) is 5.36. The first-order chi connectivity index (χ1) is 10.0. The van der Waals surface area contributed by atoms with Gasteiger partial charge in [0.05, 0.1) is 11.6 Å². The van der Waals surface area contributed by atoms with Gasteiger partial charge in [-0.1, -0.05) is 50.3 Å². The minimum atomic E-state index is -4.01. The van der Waals surface area contributed by atoms with Crippen LogP contribution in [0.2, 0.25) is 0 Å². The third-order valence-corrected chi connectivity index (χ3v) is 3.54. The molecule has 4 heteroatoms. The average Bonchev–Trinajstić information content (AvgIpc) is 2.44. The van der Waals surface area contributed by atoms with E-state index in [1.54, 1.807) is 0 Å². The molecule has 0 heterocycles. The number of nitriles is 1. The van der Waals surface area contributed by atoms with Gasteiger partial charge in [-0.15, -0.1) is 0 Å². The summed E-state index contributed by atoms with van der Waals surface area (Å²) in [5.74, 6) is 0. The number of aryl methyl sites for hydroxylation is 1. The summed E-state index contributed by atoms with van der Waals surface area (Å²) in [7, 11) is 0. The molecule has 1 aromatic carbocycles. The van der Waals surface area contributed by atoms with E-state index in [0.29, 0.717) is 6.42 Å². The highest BCUT2D eigenvalue weighted by atomic mass is 19.4. The van der Waals surface area contributed by atoms with Gasteiger partial charge in [-0.25, -0.2) is 0 Å². The molecule has 0 radical (unpaired) electrons. The molecule has 0 fully saturated rings. The minimum Gasteiger partial charge on any atom is -0.192 e. The summed E-state index contributed by atoms with van der Waals surface area (Å²) in [4.78, 5) is 0. The number of alkyl halides is 3. The third kappa shape index (κ3) is 8.39. The van der Waals surface area contributed by atoms with Crippen LogP contribution in [0.15, 0.2) is 24.3 Å². The molecule has 0 aliphatic carbocycles. The first kappa shape index (κ1) is 17.6. The van der Waals surface area contributed by atoms with E-state index in [2.05, 4.69) is 6.07 Å². The highest BCUT2D eigenvalue weighted by Gasteiger charge is 2.25. The molecule has 0 spiro atoms. The zero-order valence-corrected chi connectivity index (χ0v) is 12.3. The minimum absolute atomic E-state index is 0.249. The molecule has 1 rings (SSSR count). The lowest BCUT2D eigenvalue weighted by atomic mass is 10.0. The zero-order valence-electron chi connectivity index (χ0n) is 12.3. The van der Waals surface area contributed by atoms with Crippen molar-refractivity contribution in [2.45, 2.75) is 64.0 Å². The van der Waals surface area contributed by atoms with E-state index in [-0.39, 0.29) is 6.42 Å². The van der Waals surface area contributed by atoms with Gasteiger partial charge in [-0.05, 0) is 30.9 Å². The summed E-state index contributed by atoms with van der Waals surface area (Å²) >= 11 is 0. The molecule has 0 aromatic heterocycles. The van der Waals surface area contributed by atoms with Gasteiger partial charge in [0.2, 0.25) is 0 Å². The van der Waals surface area contributed by atoms with Crippen LogP contribution in [-0.2, 0) is 6.42 Å². The Kier molecular flexibility index (Phi) is 7.89. The van der Waals surface area contributed by atoms with Crippen molar-refractivity contribution >= 4 is 0 Å². The zero-order chi connectivity index (χ0) is 15.6. The predicted molar refractivity (Wildman–Crippen MR) is 77.9 cm³/mol. The Bertz CT molecular complexity index is 446. The first-order valence-electron chi connectivity index (χ1n) is 7.58. The SMILES string of the molecule is N#Cc1ccccc1CCCCCCCCCC(F)(F)F. The maximum Gasteiger partial charge on any atom is 0.389 e.